The minimum atomic E-state index is -2.42. The molecule has 3 nitrogen and oxygen atoms in total. The molecule has 1 fully saturated rings. The van der Waals surface area contributed by atoms with E-state index in [1.807, 2.05) is 6.07 Å². The molecule has 1 aromatic heterocycles. The quantitative estimate of drug-likeness (QED) is 0.642. The summed E-state index contributed by atoms with van der Waals surface area (Å²) in [4.78, 5) is 7.48. The van der Waals surface area contributed by atoms with E-state index in [4.69, 9.17) is 17.0 Å². The Morgan fingerprint density at radius 2 is 2.16 bits per heavy atom. The van der Waals surface area contributed by atoms with Crippen LogP contribution in [0.4, 0.5) is 8.78 Å². The Morgan fingerprint density at radius 1 is 1.42 bits per heavy atom. The van der Waals surface area contributed by atoms with Crippen LogP contribution in [0.25, 0.3) is 0 Å². The smallest absolute Gasteiger partial charge is 0.261 e. The lowest BCUT2D eigenvalue weighted by Crippen LogP contribution is -2.10. The van der Waals surface area contributed by atoms with E-state index in [0.29, 0.717) is 17.0 Å². The number of hydrogen-bond acceptors (Lipinski definition) is 3. The monoisotopic (exact) mass is 288 g/mol. The van der Waals surface area contributed by atoms with E-state index in [1.165, 1.54) is 25.7 Å². The van der Waals surface area contributed by atoms with Gasteiger partial charge in [-0.05, 0) is 24.8 Å². The predicted molar refractivity (Wildman–Crippen MR) is 71.2 cm³/mol. The third-order valence-corrected chi connectivity index (χ3v) is 3.54. The summed E-state index contributed by atoms with van der Waals surface area (Å²) in [6.07, 6.45) is 2.92. The molecule has 1 heterocycles. The molecule has 6 heteroatoms. The van der Waals surface area contributed by atoms with Gasteiger partial charge in [-0.25, -0.2) is 13.8 Å². The number of nitrogens with zero attached hydrogens (tertiary/aromatic N) is 1. The second kappa shape index (κ2) is 7.05. The summed E-state index contributed by atoms with van der Waals surface area (Å²) in [5, 5.41) is 0. The number of halogens is 2. The number of H-pyrrole nitrogens is 1. The highest BCUT2D eigenvalue weighted by atomic mass is 32.1. The van der Waals surface area contributed by atoms with E-state index in [-0.39, 0.29) is 6.61 Å². The SMILES string of the molecule is FC(F)COCCc1nc(=S)cc(C2CCCC2)[nH]1. The molecule has 0 amide bonds. The minimum Gasteiger partial charge on any atom is -0.375 e. The topological polar surface area (TPSA) is 37.9 Å². The van der Waals surface area contributed by atoms with Crippen molar-refractivity contribution in [2.24, 2.45) is 0 Å². The highest BCUT2D eigenvalue weighted by Crippen LogP contribution is 2.32. The summed E-state index contributed by atoms with van der Waals surface area (Å²) in [7, 11) is 0. The van der Waals surface area contributed by atoms with Gasteiger partial charge in [-0.2, -0.15) is 0 Å². The van der Waals surface area contributed by atoms with Crippen LogP contribution in [-0.4, -0.2) is 29.6 Å². The molecule has 106 valence electrons. The van der Waals surface area contributed by atoms with Crippen LogP contribution in [0.2, 0.25) is 0 Å². The van der Waals surface area contributed by atoms with E-state index >= 15 is 0 Å². The third-order valence-electron chi connectivity index (χ3n) is 3.33. The Kier molecular flexibility index (Phi) is 5.39. The standard InChI is InChI=1S/C13H18F2N2OS/c14-11(15)8-18-6-5-12-16-10(7-13(19)17-12)9-3-1-2-4-9/h7,9,11H,1-6,8H2,(H,16,17,19). The molecule has 1 aliphatic rings. The number of hydrogen-bond donors (Lipinski definition) is 1. The van der Waals surface area contributed by atoms with Crippen molar-refractivity contribution in [3.63, 3.8) is 0 Å². The number of nitrogens with one attached hydrogen (secondary N) is 1. The number of aromatic nitrogens is 2. The lowest BCUT2D eigenvalue weighted by Gasteiger charge is -2.11. The summed E-state index contributed by atoms with van der Waals surface area (Å²) >= 11 is 5.15. The van der Waals surface area contributed by atoms with Crippen LogP contribution in [-0.2, 0) is 11.2 Å². The van der Waals surface area contributed by atoms with Gasteiger partial charge in [0, 0.05) is 12.1 Å². The summed E-state index contributed by atoms with van der Waals surface area (Å²) in [6.45, 7) is -0.292. The normalized spacial score (nSPS) is 16.4. The van der Waals surface area contributed by atoms with Gasteiger partial charge in [0.2, 0.25) is 0 Å². The van der Waals surface area contributed by atoms with Gasteiger partial charge in [-0.1, -0.05) is 25.1 Å². The molecule has 0 spiro atoms. The molecule has 0 bridgehead atoms. The summed E-state index contributed by atoms with van der Waals surface area (Å²) in [6, 6.07) is 1.91. The van der Waals surface area contributed by atoms with Gasteiger partial charge in [0.1, 0.15) is 17.1 Å². The van der Waals surface area contributed by atoms with Gasteiger partial charge in [-0.3, -0.25) is 0 Å². The van der Waals surface area contributed by atoms with E-state index in [2.05, 4.69) is 9.97 Å². The van der Waals surface area contributed by atoms with Crippen molar-refractivity contribution in [3.8, 4) is 0 Å². The second-order valence-corrected chi connectivity index (χ2v) is 5.24. The largest absolute Gasteiger partial charge is 0.375 e. The van der Waals surface area contributed by atoms with Gasteiger partial charge in [-0.15, -0.1) is 0 Å². The Balaban J connectivity index is 1.94. The van der Waals surface area contributed by atoms with Crippen molar-refractivity contribution in [3.05, 3.63) is 22.2 Å². The van der Waals surface area contributed by atoms with E-state index < -0.39 is 13.0 Å². The summed E-state index contributed by atoms with van der Waals surface area (Å²) in [5.74, 6) is 1.26. The van der Waals surface area contributed by atoms with Crippen molar-refractivity contribution in [1.29, 1.82) is 0 Å². The van der Waals surface area contributed by atoms with Crippen LogP contribution in [0.5, 0.6) is 0 Å². The maximum absolute atomic E-state index is 11.9. The Bertz CT molecular complexity index is 458. The molecule has 0 radical (unpaired) electrons. The maximum Gasteiger partial charge on any atom is 0.261 e. The number of aromatic amines is 1. The fraction of sp³-hybridized carbons (Fsp3) is 0.692. The van der Waals surface area contributed by atoms with E-state index in [0.717, 1.165) is 11.5 Å². The van der Waals surface area contributed by atoms with E-state index in [1.54, 1.807) is 0 Å². The van der Waals surface area contributed by atoms with Crippen molar-refractivity contribution < 1.29 is 13.5 Å². The highest BCUT2D eigenvalue weighted by Gasteiger charge is 2.18. The zero-order valence-electron chi connectivity index (χ0n) is 10.7. The van der Waals surface area contributed by atoms with Crippen LogP contribution in [0.1, 0.15) is 43.1 Å². The average Bonchev–Trinajstić information content (AvgIpc) is 2.87. The third kappa shape index (κ3) is 4.62. The molecule has 19 heavy (non-hydrogen) atoms. The first kappa shape index (κ1) is 14.5. The van der Waals surface area contributed by atoms with Crippen molar-refractivity contribution >= 4 is 12.2 Å². The van der Waals surface area contributed by atoms with Gasteiger partial charge in [0.05, 0.1) is 6.61 Å². The summed E-state index contributed by atoms with van der Waals surface area (Å²) < 4.78 is 29.3. The molecule has 0 aromatic carbocycles. The van der Waals surface area contributed by atoms with Crippen molar-refractivity contribution in [1.82, 2.24) is 9.97 Å². The van der Waals surface area contributed by atoms with Crippen LogP contribution in [0, 0.1) is 4.64 Å². The van der Waals surface area contributed by atoms with Gasteiger partial charge in [0.25, 0.3) is 6.43 Å². The van der Waals surface area contributed by atoms with Crippen molar-refractivity contribution in [2.45, 2.75) is 44.4 Å². The number of rotatable bonds is 6. The van der Waals surface area contributed by atoms with Gasteiger partial charge >= 0.3 is 0 Å². The molecule has 0 aliphatic heterocycles. The van der Waals surface area contributed by atoms with E-state index in [9.17, 15) is 8.78 Å². The highest BCUT2D eigenvalue weighted by molar-refractivity contribution is 7.71. The zero-order chi connectivity index (χ0) is 13.7. The van der Waals surface area contributed by atoms with Crippen LogP contribution in [0.15, 0.2) is 6.07 Å². The first-order chi connectivity index (χ1) is 9.15. The first-order valence-corrected chi connectivity index (χ1v) is 7.02. The fourth-order valence-electron chi connectivity index (χ4n) is 2.45. The molecule has 0 saturated heterocycles. The van der Waals surface area contributed by atoms with Crippen LogP contribution < -0.4 is 0 Å². The first-order valence-electron chi connectivity index (χ1n) is 6.61. The minimum absolute atomic E-state index is 0.233. The maximum atomic E-state index is 11.9. The molecule has 2 rings (SSSR count). The Labute approximate surface area is 116 Å². The number of alkyl halides is 2. The van der Waals surface area contributed by atoms with Crippen molar-refractivity contribution in [2.75, 3.05) is 13.2 Å². The molecule has 0 atom stereocenters. The molecule has 1 saturated carbocycles. The zero-order valence-corrected chi connectivity index (χ0v) is 11.5. The molecule has 1 aromatic rings. The summed E-state index contributed by atoms with van der Waals surface area (Å²) in [5.41, 5.74) is 1.13. The Morgan fingerprint density at radius 3 is 2.84 bits per heavy atom. The Hall–Kier alpha value is -0.880. The lowest BCUT2D eigenvalue weighted by atomic mass is 10.0. The molecule has 1 N–H and O–H groups in total. The molecular formula is C13H18F2N2OS. The molecule has 1 aliphatic carbocycles. The molecular weight excluding hydrogens is 270 g/mol. The fourth-order valence-corrected chi connectivity index (χ4v) is 2.68. The van der Waals surface area contributed by atoms with Gasteiger partial charge < -0.3 is 9.72 Å². The van der Waals surface area contributed by atoms with Crippen LogP contribution >= 0.6 is 12.2 Å². The average molecular weight is 288 g/mol. The lowest BCUT2D eigenvalue weighted by molar-refractivity contribution is 0.0182. The molecule has 0 unspecified atom stereocenters. The second-order valence-electron chi connectivity index (χ2n) is 4.82. The number of ether oxygens (including phenoxy) is 1. The predicted octanol–water partition coefficient (Wildman–Crippen LogP) is 3.62. The van der Waals surface area contributed by atoms with Gasteiger partial charge in [0.15, 0.2) is 0 Å². The van der Waals surface area contributed by atoms with Crippen LogP contribution in [0.3, 0.4) is 0 Å².